The third-order valence-corrected chi connectivity index (χ3v) is 6.65. The number of hydrogen-bond acceptors (Lipinski definition) is 9. The van der Waals surface area contributed by atoms with E-state index in [1.165, 1.54) is 0 Å². The predicted octanol–water partition coefficient (Wildman–Crippen LogP) is 3.71. The molecule has 10 heteroatoms. The van der Waals surface area contributed by atoms with E-state index in [2.05, 4.69) is 25.3 Å². The normalized spacial score (nSPS) is 17.2. The van der Waals surface area contributed by atoms with E-state index < -0.39 is 0 Å². The maximum absolute atomic E-state index is 5.45. The summed E-state index contributed by atoms with van der Waals surface area (Å²) in [6.07, 6.45) is 1.61. The lowest BCUT2D eigenvalue weighted by Gasteiger charge is -2.11. The molecule has 9 nitrogen and oxygen atoms in total. The Morgan fingerprint density at radius 1 is 0.939 bits per heavy atom. The fraction of sp³-hybridized carbons (Fsp3) is 0.391. The smallest absolute Gasteiger partial charge is 0.161 e. The Labute approximate surface area is 195 Å². The van der Waals surface area contributed by atoms with Gasteiger partial charge in [0.25, 0.3) is 0 Å². The molecule has 4 aromatic rings. The Hall–Kier alpha value is -3.40. The number of aryl methyl sites for hydroxylation is 3. The summed E-state index contributed by atoms with van der Waals surface area (Å²) in [4.78, 5) is 14.1. The summed E-state index contributed by atoms with van der Waals surface area (Å²) in [7, 11) is 3.26. The van der Waals surface area contributed by atoms with Crippen LogP contribution in [0.1, 0.15) is 57.0 Å². The van der Waals surface area contributed by atoms with Gasteiger partial charge in [-0.2, -0.15) is 4.68 Å². The number of nitrogens with zero attached hydrogens (tertiary/aromatic N) is 7. The number of ether oxygens (including phenoxy) is 2. The minimum absolute atomic E-state index is 0.330. The van der Waals surface area contributed by atoms with Gasteiger partial charge < -0.3 is 9.47 Å². The van der Waals surface area contributed by atoms with Crippen molar-refractivity contribution < 1.29 is 9.47 Å². The zero-order valence-corrected chi connectivity index (χ0v) is 20.1. The first kappa shape index (κ1) is 21.4. The lowest BCUT2D eigenvalue weighted by atomic mass is 10.1. The molecule has 0 N–H and O–H groups in total. The Morgan fingerprint density at radius 2 is 1.76 bits per heavy atom. The molecule has 1 aliphatic carbocycles. The van der Waals surface area contributed by atoms with Crippen LogP contribution in [0, 0.1) is 20.8 Å². The molecule has 33 heavy (non-hydrogen) atoms. The molecule has 2 atom stereocenters. The van der Waals surface area contributed by atoms with Crippen LogP contribution in [0.2, 0.25) is 0 Å². The van der Waals surface area contributed by atoms with Crippen molar-refractivity contribution in [2.24, 2.45) is 0 Å². The van der Waals surface area contributed by atoms with Gasteiger partial charge in [0.1, 0.15) is 27.5 Å². The van der Waals surface area contributed by atoms with Gasteiger partial charge in [0, 0.05) is 24.3 Å². The SMILES string of the molecule is COc1ccc(Cc2nc(C)nn2-c2cc(C3CC3c3nnc(C)s3)nc(C)n2)cc1OC. The van der Waals surface area contributed by atoms with Crippen LogP contribution >= 0.6 is 11.3 Å². The van der Waals surface area contributed by atoms with Crippen LogP contribution in [0.15, 0.2) is 24.3 Å². The van der Waals surface area contributed by atoms with Crippen LogP contribution in [0.5, 0.6) is 11.5 Å². The minimum Gasteiger partial charge on any atom is -0.493 e. The molecule has 3 aromatic heterocycles. The van der Waals surface area contributed by atoms with Crippen molar-refractivity contribution in [1.82, 2.24) is 34.9 Å². The van der Waals surface area contributed by atoms with E-state index in [9.17, 15) is 0 Å². The number of rotatable bonds is 7. The standard InChI is InChI=1S/C23H25N7O2S/c1-12-24-18(16-10-17(16)23-28-27-14(3)33-23)11-22(25-12)30-21(26-13(2)29-30)9-15-6-7-19(31-4)20(8-15)32-5/h6-8,11,16-17H,9-10H2,1-5H3. The maximum Gasteiger partial charge on any atom is 0.161 e. The van der Waals surface area contributed by atoms with Gasteiger partial charge >= 0.3 is 0 Å². The third kappa shape index (κ3) is 4.30. The first-order chi connectivity index (χ1) is 15.9. The lowest BCUT2D eigenvalue weighted by Crippen LogP contribution is -2.09. The summed E-state index contributed by atoms with van der Waals surface area (Å²) in [6, 6.07) is 7.89. The van der Waals surface area contributed by atoms with Gasteiger partial charge in [0.2, 0.25) is 0 Å². The fourth-order valence-corrected chi connectivity index (χ4v) is 4.94. The highest BCUT2D eigenvalue weighted by Crippen LogP contribution is 2.54. The minimum atomic E-state index is 0.330. The van der Waals surface area contributed by atoms with Gasteiger partial charge in [-0.15, -0.1) is 26.6 Å². The molecule has 0 amide bonds. The Kier molecular flexibility index (Phi) is 5.53. The molecule has 2 unspecified atom stereocenters. The number of hydrogen-bond donors (Lipinski definition) is 0. The molecule has 1 saturated carbocycles. The average Bonchev–Trinajstić information content (AvgIpc) is 3.35. The van der Waals surface area contributed by atoms with E-state index in [0.29, 0.717) is 41.4 Å². The lowest BCUT2D eigenvalue weighted by molar-refractivity contribution is 0.354. The molecule has 1 aromatic carbocycles. The number of benzene rings is 1. The van der Waals surface area contributed by atoms with E-state index in [0.717, 1.165) is 39.3 Å². The zero-order chi connectivity index (χ0) is 23.1. The van der Waals surface area contributed by atoms with Crippen LogP contribution in [0.25, 0.3) is 5.82 Å². The van der Waals surface area contributed by atoms with Crippen molar-refractivity contribution in [3.8, 4) is 17.3 Å². The summed E-state index contributed by atoms with van der Waals surface area (Å²) in [5, 5.41) is 15.2. The van der Waals surface area contributed by atoms with Gasteiger partial charge in [-0.05, 0) is 44.9 Å². The van der Waals surface area contributed by atoms with Gasteiger partial charge in [0.15, 0.2) is 17.3 Å². The Morgan fingerprint density at radius 3 is 2.48 bits per heavy atom. The van der Waals surface area contributed by atoms with E-state index in [1.807, 2.05) is 49.7 Å². The molecule has 170 valence electrons. The molecule has 1 fully saturated rings. The van der Waals surface area contributed by atoms with Gasteiger partial charge in [-0.25, -0.2) is 15.0 Å². The Balaban J connectivity index is 1.45. The van der Waals surface area contributed by atoms with E-state index >= 15 is 0 Å². The largest absolute Gasteiger partial charge is 0.493 e. The summed E-state index contributed by atoms with van der Waals surface area (Å²) in [5.41, 5.74) is 2.06. The highest BCUT2D eigenvalue weighted by molar-refractivity contribution is 7.11. The summed E-state index contributed by atoms with van der Waals surface area (Å²) < 4.78 is 12.6. The fourth-order valence-electron chi connectivity index (χ4n) is 4.06. The molecular weight excluding hydrogens is 438 g/mol. The molecule has 0 spiro atoms. The van der Waals surface area contributed by atoms with E-state index in [1.54, 1.807) is 25.6 Å². The van der Waals surface area contributed by atoms with Crippen LogP contribution in [0.4, 0.5) is 0 Å². The Bertz CT molecular complexity index is 1320. The van der Waals surface area contributed by atoms with Crippen molar-refractivity contribution in [3.63, 3.8) is 0 Å². The van der Waals surface area contributed by atoms with E-state index in [-0.39, 0.29) is 0 Å². The maximum atomic E-state index is 5.45. The third-order valence-electron chi connectivity index (χ3n) is 5.68. The van der Waals surface area contributed by atoms with Crippen LogP contribution in [-0.4, -0.2) is 49.1 Å². The van der Waals surface area contributed by atoms with E-state index in [4.69, 9.17) is 14.5 Å². The van der Waals surface area contributed by atoms with Crippen LogP contribution < -0.4 is 9.47 Å². The van der Waals surface area contributed by atoms with Crippen molar-refractivity contribution >= 4 is 11.3 Å². The van der Waals surface area contributed by atoms with Crippen LogP contribution in [-0.2, 0) is 6.42 Å². The second kappa shape index (κ2) is 8.51. The zero-order valence-electron chi connectivity index (χ0n) is 19.2. The number of methoxy groups -OCH3 is 2. The topological polar surface area (TPSA) is 101 Å². The second-order valence-corrected chi connectivity index (χ2v) is 9.37. The molecular formula is C23H25N7O2S. The second-order valence-electron chi connectivity index (χ2n) is 8.16. The number of aromatic nitrogens is 7. The van der Waals surface area contributed by atoms with Crippen molar-refractivity contribution in [2.45, 2.75) is 45.4 Å². The summed E-state index contributed by atoms with van der Waals surface area (Å²) in [6.45, 7) is 5.79. The molecule has 3 heterocycles. The van der Waals surface area contributed by atoms with Crippen molar-refractivity contribution in [2.75, 3.05) is 14.2 Å². The highest BCUT2D eigenvalue weighted by Gasteiger charge is 2.43. The molecule has 1 aliphatic rings. The molecule has 0 radical (unpaired) electrons. The monoisotopic (exact) mass is 463 g/mol. The summed E-state index contributed by atoms with van der Waals surface area (Å²) in [5.74, 6) is 5.02. The first-order valence-corrected chi connectivity index (χ1v) is 11.6. The molecule has 0 saturated heterocycles. The van der Waals surface area contributed by atoms with Crippen molar-refractivity contribution in [3.05, 3.63) is 63.0 Å². The quantitative estimate of drug-likeness (QED) is 0.409. The molecule has 5 rings (SSSR count). The van der Waals surface area contributed by atoms with Gasteiger partial charge in [-0.1, -0.05) is 6.07 Å². The van der Waals surface area contributed by atoms with Crippen molar-refractivity contribution in [1.29, 1.82) is 0 Å². The average molecular weight is 464 g/mol. The van der Waals surface area contributed by atoms with Crippen LogP contribution in [0.3, 0.4) is 0 Å². The van der Waals surface area contributed by atoms with Gasteiger partial charge in [0.05, 0.1) is 19.9 Å². The predicted molar refractivity (Wildman–Crippen MR) is 124 cm³/mol. The highest BCUT2D eigenvalue weighted by atomic mass is 32.1. The summed E-state index contributed by atoms with van der Waals surface area (Å²) >= 11 is 1.66. The van der Waals surface area contributed by atoms with Gasteiger partial charge in [-0.3, -0.25) is 0 Å². The molecule has 0 aliphatic heterocycles. The molecule has 0 bridgehead atoms. The first-order valence-electron chi connectivity index (χ1n) is 10.7.